The van der Waals surface area contributed by atoms with Crippen LogP contribution in [-0.2, 0) is 11.3 Å². The molecule has 0 atom stereocenters. The molecule has 1 aromatic heterocycles. The summed E-state index contributed by atoms with van der Waals surface area (Å²) in [4.78, 5) is 4.52. The second-order valence-electron chi connectivity index (χ2n) is 5.36. The number of para-hydroxylation sites is 1. The summed E-state index contributed by atoms with van der Waals surface area (Å²) in [6, 6.07) is 10.1. The molecule has 0 amide bonds. The Morgan fingerprint density at radius 1 is 1.25 bits per heavy atom. The van der Waals surface area contributed by atoms with Crippen LogP contribution in [0.1, 0.15) is 19.5 Å². The normalized spacial score (nSPS) is 11.0. The van der Waals surface area contributed by atoms with Crippen LogP contribution in [0.4, 0.5) is 11.6 Å². The number of nitrogens with zero attached hydrogens (tertiary/aromatic N) is 2. The number of rotatable bonds is 7. The molecule has 1 aromatic carbocycles. The molecule has 108 valence electrons. The standard InChI is InChI=1S/C16H23N3O/c1-13(2)12-20-10-9-19-11-14(3)17-16(19)18-15-7-5-4-6-8-15/h4-8,11,13H,9-10,12H2,1-3H3,(H,17,18). The van der Waals surface area contributed by atoms with E-state index in [0.29, 0.717) is 12.5 Å². The summed E-state index contributed by atoms with van der Waals surface area (Å²) in [5.74, 6) is 1.43. The van der Waals surface area contributed by atoms with Gasteiger partial charge >= 0.3 is 0 Å². The maximum Gasteiger partial charge on any atom is 0.207 e. The van der Waals surface area contributed by atoms with Crippen molar-refractivity contribution in [1.82, 2.24) is 9.55 Å². The highest BCUT2D eigenvalue weighted by Gasteiger charge is 2.06. The molecule has 2 aromatic rings. The van der Waals surface area contributed by atoms with Gasteiger partial charge in [0.2, 0.25) is 5.95 Å². The number of hydrogen-bond acceptors (Lipinski definition) is 3. The molecule has 0 saturated heterocycles. The van der Waals surface area contributed by atoms with Gasteiger partial charge in [0.15, 0.2) is 0 Å². The van der Waals surface area contributed by atoms with Crippen LogP contribution in [0, 0.1) is 12.8 Å². The Hall–Kier alpha value is -1.81. The van der Waals surface area contributed by atoms with Crippen LogP contribution in [0.25, 0.3) is 0 Å². The first-order chi connectivity index (χ1) is 9.65. The molecule has 20 heavy (non-hydrogen) atoms. The molecule has 1 N–H and O–H groups in total. The van der Waals surface area contributed by atoms with Gasteiger partial charge < -0.3 is 14.6 Å². The van der Waals surface area contributed by atoms with Crippen LogP contribution in [-0.4, -0.2) is 22.8 Å². The number of aromatic nitrogens is 2. The second kappa shape index (κ2) is 7.10. The minimum absolute atomic E-state index is 0.571. The summed E-state index contributed by atoms with van der Waals surface area (Å²) >= 11 is 0. The van der Waals surface area contributed by atoms with Gasteiger partial charge in [0.25, 0.3) is 0 Å². The monoisotopic (exact) mass is 273 g/mol. The van der Waals surface area contributed by atoms with Crippen molar-refractivity contribution in [3.8, 4) is 0 Å². The maximum atomic E-state index is 5.64. The fraction of sp³-hybridized carbons (Fsp3) is 0.438. The van der Waals surface area contributed by atoms with Gasteiger partial charge in [-0.3, -0.25) is 0 Å². The summed E-state index contributed by atoms with van der Waals surface area (Å²) in [7, 11) is 0. The van der Waals surface area contributed by atoms with Crippen LogP contribution in [0.15, 0.2) is 36.5 Å². The van der Waals surface area contributed by atoms with E-state index in [1.165, 1.54) is 0 Å². The lowest BCUT2D eigenvalue weighted by atomic mass is 10.2. The van der Waals surface area contributed by atoms with Gasteiger partial charge in [-0.25, -0.2) is 4.98 Å². The van der Waals surface area contributed by atoms with Crippen LogP contribution in [0.3, 0.4) is 0 Å². The molecule has 2 rings (SSSR count). The number of nitrogens with one attached hydrogen (secondary N) is 1. The Kier molecular flexibility index (Phi) is 5.18. The van der Waals surface area contributed by atoms with Gasteiger partial charge in [-0.15, -0.1) is 0 Å². The molecule has 0 aliphatic rings. The Balaban J connectivity index is 1.95. The molecule has 0 saturated carbocycles. The van der Waals surface area contributed by atoms with E-state index in [4.69, 9.17) is 4.74 Å². The number of benzene rings is 1. The van der Waals surface area contributed by atoms with Crippen molar-refractivity contribution in [3.05, 3.63) is 42.2 Å². The van der Waals surface area contributed by atoms with E-state index >= 15 is 0 Å². The van der Waals surface area contributed by atoms with E-state index in [1.54, 1.807) is 0 Å². The van der Waals surface area contributed by atoms with Crippen LogP contribution >= 0.6 is 0 Å². The zero-order valence-corrected chi connectivity index (χ0v) is 12.5. The molecule has 0 unspecified atom stereocenters. The van der Waals surface area contributed by atoms with E-state index < -0.39 is 0 Å². The first kappa shape index (κ1) is 14.6. The van der Waals surface area contributed by atoms with Gasteiger partial charge in [-0.05, 0) is 25.0 Å². The van der Waals surface area contributed by atoms with E-state index in [0.717, 1.165) is 30.5 Å². The lowest BCUT2D eigenvalue weighted by Gasteiger charge is -2.11. The van der Waals surface area contributed by atoms with Crippen LogP contribution in [0.2, 0.25) is 0 Å². The van der Waals surface area contributed by atoms with Crippen molar-refractivity contribution < 1.29 is 4.74 Å². The first-order valence-electron chi connectivity index (χ1n) is 7.08. The van der Waals surface area contributed by atoms with Crippen molar-refractivity contribution in [1.29, 1.82) is 0 Å². The van der Waals surface area contributed by atoms with Crippen LogP contribution in [0.5, 0.6) is 0 Å². The van der Waals surface area contributed by atoms with Gasteiger partial charge in [0.1, 0.15) is 0 Å². The summed E-state index contributed by atoms with van der Waals surface area (Å²) in [5.41, 5.74) is 2.05. The highest BCUT2D eigenvalue weighted by molar-refractivity contribution is 5.53. The van der Waals surface area contributed by atoms with E-state index in [1.807, 2.05) is 43.5 Å². The molecule has 0 fully saturated rings. The van der Waals surface area contributed by atoms with Crippen molar-refractivity contribution in [2.75, 3.05) is 18.5 Å². The van der Waals surface area contributed by atoms with Gasteiger partial charge in [-0.2, -0.15) is 0 Å². The minimum atomic E-state index is 0.571. The molecule has 0 aliphatic carbocycles. The van der Waals surface area contributed by atoms with Crippen molar-refractivity contribution in [2.45, 2.75) is 27.3 Å². The van der Waals surface area contributed by atoms with E-state index in [2.05, 4.69) is 28.7 Å². The zero-order valence-electron chi connectivity index (χ0n) is 12.5. The Morgan fingerprint density at radius 3 is 2.70 bits per heavy atom. The van der Waals surface area contributed by atoms with E-state index in [9.17, 15) is 0 Å². The molecule has 1 heterocycles. The third kappa shape index (κ3) is 4.38. The summed E-state index contributed by atoms with van der Waals surface area (Å²) in [6.07, 6.45) is 2.05. The maximum absolute atomic E-state index is 5.64. The van der Waals surface area contributed by atoms with Crippen molar-refractivity contribution in [2.24, 2.45) is 5.92 Å². The number of ether oxygens (including phenoxy) is 1. The fourth-order valence-corrected chi connectivity index (χ4v) is 1.95. The van der Waals surface area contributed by atoms with Gasteiger partial charge in [0.05, 0.1) is 12.3 Å². The van der Waals surface area contributed by atoms with E-state index in [-0.39, 0.29) is 0 Å². The molecule has 0 radical (unpaired) electrons. The lowest BCUT2D eigenvalue weighted by molar-refractivity contribution is 0.103. The molecule has 0 aliphatic heterocycles. The smallest absolute Gasteiger partial charge is 0.207 e. The second-order valence-corrected chi connectivity index (χ2v) is 5.36. The number of anilines is 2. The third-order valence-corrected chi connectivity index (χ3v) is 2.85. The lowest BCUT2D eigenvalue weighted by Crippen LogP contribution is -2.10. The molecular formula is C16H23N3O. The SMILES string of the molecule is Cc1cn(CCOCC(C)C)c(Nc2ccccc2)n1. The third-order valence-electron chi connectivity index (χ3n) is 2.85. The Bertz CT molecular complexity index is 520. The van der Waals surface area contributed by atoms with Gasteiger partial charge in [0, 0.05) is 25.0 Å². The van der Waals surface area contributed by atoms with Crippen LogP contribution < -0.4 is 5.32 Å². The first-order valence-corrected chi connectivity index (χ1v) is 7.08. The summed E-state index contributed by atoms with van der Waals surface area (Å²) < 4.78 is 7.74. The highest BCUT2D eigenvalue weighted by Crippen LogP contribution is 2.15. The molecule has 4 heteroatoms. The fourth-order valence-electron chi connectivity index (χ4n) is 1.95. The van der Waals surface area contributed by atoms with Crippen molar-refractivity contribution in [3.63, 3.8) is 0 Å². The zero-order chi connectivity index (χ0) is 14.4. The van der Waals surface area contributed by atoms with Gasteiger partial charge in [-0.1, -0.05) is 32.0 Å². The summed E-state index contributed by atoms with van der Waals surface area (Å²) in [5, 5.41) is 3.34. The Labute approximate surface area is 120 Å². The number of imidazole rings is 1. The quantitative estimate of drug-likeness (QED) is 0.783. The molecule has 0 bridgehead atoms. The van der Waals surface area contributed by atoms with Crippen molar-refractivity contribution >= 4 is 11.6 Å². The number of hydrogen-bond donors (Lipinski definition) is 1. The summed E-state index contributed by atoms with van der Waals surface area (Å²) in [6.45, 7) is 8.63. The molecular weight excluding hydrogens is 250 g/mol. The average Bonchev–Trinajstić information content (AvgIpc) is 2.76. The minimum Gasteiger partial charge on any atom is -0.379 e. The largest absolute Gasteiger partial charge is 0.379 e. The topological polar surface area (TPSA) is 39.1 Å². The highest BCUT2D eigenvalue weighted by atomic mass is 16.5. The predicted octanol–water partition coefficient (Wildman–Crippen LogP) is 3.61. The Morgan fingerprint density at radius 2 is 2.00 bits per heavy atom. The number of aryl methyl sites for hydroxylation is 1. The molecule has 0 spiro atoms. The molecule has 4 nitrogen and oxygen atoms in total. The average molecular weight is 273 g/mol. The predicted molar refractivity (Wildman–Crippen MR) is 82.3 cm³/mol.